The van der Waals surface area contributed by atoms with Crippen LogP contribution >= 0.6 is 0 Å². The minimum atomic E-state index is -0.495. The Kier molecular flexibility index (Phi) is 9.74. The summed E-state index contributed by atoms with van der Waals surface area (Å²) in [6, 6.07) is 13.9. The first kappa shape index (κ1) is 31.4. The van der Waals surface area contributed by atoms with Crippen LogP contribution in [0.2, 0.25) is 0 Å². The van der Waals surface area contributed by atoms with Gasteiger partial charge in [0.1, 0.15) is 17.1 Å². The fourth-order valence-corrected chi connectivity index (χ4v) is 4.37. The van der Waals surface area contributed by atoms with Crippen molar-refractivity contribution in [3.8, 4) is 34.6 Å². The first-order valence-corrected chi connectivity index (χ1v) is 13.5. The van der Waals surface area contributed by atoms with E-state index in [9.17, 15) is 9.59 Å². The van der Waals surface area contributed by atoms with Crippen molar-refractivity contribution in [2.75, 3.05) is 53.2 Å². The zero-order chi connectivity index (χ0) is 32.0. The van der Waals surface area contributed by atoms with Crippen LogP contribution in [0, 0.1) is 13.8 Å². The first-order valence-electron chi connectivity index (χ1n) is 13.5. The number of amides is 2. The molecule has 0 bridgehead atoms. The van der Waals surface area contributed by atoms with Crippen LogP contribution < -0.4 is 34.3 Å². The van der Waals surface area contributed by atoms with Gasteiger partial charge in [-0.3, -0.25) is 9.59 Å². The van der Waals surface area contributed by atoms with Gasteiger partial charge in [0.25, 0.3) is 11.8 Å². The van der Waals surface area contributed by atoms with E-state index >= 15 is 0 Å². The minimum Gasteiger partial charge on any atom is -0.497 e. The summed E-state index contributed by atoms with van der Waals surface area (Å²) in [5.74, 6) is 1.08. The lowest BCUT2D eigenvalue weighted by Gasteiger charge is -2.18. The molecule has 0 atom stereocenters. The number of carbonyl (C=O) groups is 2. The molecule has 3 aromatic carbocycles. The Morgan fingerprint density at radius 3 is 2.02 bits per heavy atom. The second-order valence-corrected chi connectivity index (χ2v) is 9.84. The minimum absolute atomic E-state index is 0.0437. The fraction of sp³-hybridized carbons (Fsp3) is 0.250. The van der Waals surface area contributed by atoms with Crippen molar-refractivity contribution < 1.29 is 33.3 Å². The predicted molar refractivity (Wildman–Crippen MR) is 166 cm³/mol. The summed E-state index contributed by atoms with van der Waals surface area (Å²) >= 11 is 0. The molecular formula is C32H35N5O7. The van der Waals surface area contributed by atoms with Crippen LogP contribution in [0.5, 0.6) is 34.6 Å². The van der Waals surface area contributed by atoms with E-state index in [0.717, 1.165) is 11.1 Å². The zero-order valence-corrected chi connectivity index (χ0v) is 25.9. The number of ether oxygens (including phenoxy) is 5. The zero-order valence-electron chi connectivity index (χ0n) is 25.9. The number of aryl methyl sites for hydroxylation is 2. The number of nitrogens with zero attached hydrogens (tertiary/aromatic N) is 3. The van der Waals surface area contributed by atoms with E-state index in [0.29, 0.717) is 34.4 Å². The topological polar surface area (TPSA) is 133 Å². The number of hydrogen-bond donors (Lipinski definition) is 2. The van der Waals surface area contributed by atoms with Gasteiger partial charge in [0.05, 0.1) is 34.0 Å². The Labute approximate surface area is 255 Å². The molecular weight excluding hydrogens is 566 g/mol. The molecule has 1 heterocycles. The van der Waals surface area contributed by atoms with Crippen LogP contribution in [-0.2, 0) is 0 Å². The summed E-state index contributed by atoms with van der Waals surface area (Å²) in [5, 5.41) is 6.04. The number of rotatable bonds is 11. The van der Waals surface area contributed by atoms with Gasteiger partial charge in [-0.25, -0.2) is 4.98 Å². The lowest BCUT2D eigenvalue weighted by Crippen LogP contribution is -2.22. The van der Waals surface area contributed by atoms with Crippen LogP contribution in [0.15, 0.2) is 54.7 Å². The van der Waals surface area contributed by atoms with E-state index in [1.807, 2.05) is 32.0 Å². The molecule has 0 aliphatic carbocycles. The van der Waals surface area contributed by atoms with Crippen LogP contribution in [0.25, 0.3) is 0 Å². The smallest absolute Gasteiger partial charge is 0.262 e. The summed E-state index contributed by atoms with van der Waals surface area (Å²) in [4.78, 5) is 37.0. The maximum absolute atomic E-state index is 13.6. The highest BCUT2D eigenvalue weighted by atomic mass is 16.5. The number of hydrogen-bond acceptors (Lipinski definition) is 10. The van der Waals surface area contributed by atoms with E-state index in [2.05, 4.69) is 20.6 Å². The molecule has 0 spiro atoms. The number of methoxy groups -OCH3 is 4. The Hall–Kier alpha value is -5.52. The molecule has 44 heavy (non-hydrogen) atoms. The van der Waals surface area contributed by atoms with E-state index < -0.39 is 5.91 Å². The molecule has 1 aromatic heterocycles. The lowest BCUT2D eigenvalue weighted by atomic mass is 10.1. The Morgan fingerprint density at radius 1 is 0.795 bits per heavy atom. The maximum Gasteiger partial charge on any atom is 0.262 e. The van der Waals surface area contributed by atoms with Crippen LogP contribution in [-0.4, -0.2) is 69.2 Å². The molecule has 230 valence electrons. The molecule has 4 aromatic rings. The molecule has 0 saturated heterocycles. The second kappa shape index (κ2) is 13.6. The highest BCUT2D eigenvalue weighted by Crippen LogP contribution is 2.40. The number of nitrogens with one attached hydrogen (secondary N) is 2. The van der Waals surface area contributed by atoms with Crippen LogP contribution in [0.4, 0.5) is 17.3 Å². The third kappa shape index (κ3) is 6.75. The van der Waals surface area contributed by atoms with Gasteiger partial charge >= 0.3 is 0 Å². The molecule has 12 heteroatoms. The number of carbonyl (C=O) groups excluding carboxylic acids is 2. The maximum atomic E-state index is 13.6. The third-order valence-electron chi connectivity index (χ3n) is 6.67. The Balaban J connectivity index is 1.80. The van der Waals surface area contributed by atoms with Gasteiger partial charge in [0.2, 0.25) is 17.6 Å². The van der Waals surface area contributed by atoms with Crippen molar-refractivity contribution in [2.45, 2.75) is 13.8 Å². The van der Waals surface area contributed by atoms with Gasteiger partial charge in [-0.05, 0) is 43.2 Å². The van der Waals surface area contributed by atoms with Crippen molar-refractivity contribution in [1.82, 2.24) is 14.9 Å². The van der Waals surface area contributed by atoms with E-state index in [1.165, 1.54) is 39.5 Å². The van der Waals surface area contributed by atoms with E-state index in [4.69, 9.17) is 23.7 Å². The van der Waals surface area contributed by atoms with Gasteiger partial charge in [0.15, 0.2) is 11.5 Å². The van der Waals surface area contributed by atoms with Crippen molar-refractivity contribution in [3.05, 3.63) is 77.0 Å². The average molecular weight is 602 g/mol. The predicted octanol–water partition coefficient (Wildman–Crippen LogP) is 5.62. The lowest BCUT2D eigenvalue weighted by molar-refractivity contribution is 0.0824. The number of aromatic nitrogens is 2. The number of para-hydroxylation sites is 1. The van der Waals surface area contributed by atoms with Gasteiger partial charge in [0, 0.05) is 43.8 Å². The van der Waals surface area contributed by atoms with Crippen LogP contribution in [0.3, 0.4) is 0 Å². The summed E-state index contributed by atoms with van der Waals surface area (Å²) in [5.41, 5.74) is 3.21. The molecule has 0 radical (unpaired) electrons. The van der Waals surface area contributed by atoms with Crippen molar-refractivity contribution in [2.24, 2.45) is 0 Å². The Bertz CT molecular complexity index is 1640. The largest absolute Gasteiger partial charge is 0.497 e. The average Bonchev–Trinajstić information content (AvgIpc) is 3.02. The van der Waals surface area contributed by atoms with E-state index in [-0.39, 0.29) is 34.6 Å². The number of anilines is 3. The summed E-state index contributed by atoms with van der Waals surface area (Å²) < 4.78 is 27.8. The standard InChI is InChI=1S/C32H35N5O7/c1-18-10-9-11-19(2)27(18)35-29(38)23-17-33-32(34-20-14-25(41-6)28(43-8)26(15-20)42-7)36-30(23)44-24-13-12-21(40-5)16-22(24)31(39)37(3)4/h9-17H,1-8H3,(H,35,38)(H,33,34,36). The molecule has 0 aliphatic heterocycles. The van der Waals surface area contributed by atoms with Gasteiger partial charge in [-0.2, -0.15) is 4.98 Å². The van der Waals surface area contributed by atoms with Crippen molar-refractivity contribution in [1.29, 1.82) is 0 Å². The van der Waals surface area contributed by atoms with Crippen molar-refractivity contribution in [3.63, 3.8) is 0 Å². The van der Waals surface area contributed by atoms with Gasteiger partial charge < -0.3 is 39.2 Å². The van der Waals surface area contributed by atoms with Crippen LogP contribution in [0.1, 0.15) is 31.8 Å². The molecule has 12 nitrogen and oxygen atoms in total. The molecule has 2 amide bonds. The summed E-state index contributed by atoms with van der Waals surface area (Å²) in [7, 11) is 9.28. The number of benzene rings is 3. The highest BCUT2D eigenvalue weighted by molar-refractivity contribution is 6.06. The Morgan fingerprint density at radius 2 is 1.45 bits per heavy atom. The quantitative estimate of drug-likeness (QED) is 0.223. The van der Waals surface area contributed by atoms with Gasteiger partial charge in [-0.15, -0.1) is 0 Å². The summed E-state index contributed by atoms with van der Waals surface area (Å²) in [6.07, 6.45) is 1.35. The highest BCUT2D eigenvalue weighted by Gasteiger charge is 2.23. The third-order valence-corrected chi connectivity index (χ3v) is 6.67. The summed E-state index contributed by atoms with van der Waals surface area (Å²) in [6.45, 7) is 3.80. The fourth-order valence-electron chi connectivity index (χ4n) is 4.37. The first-order chi connectivity index (χ1) is 21.1. The molecule has 0 unspecified atom stereocenters. The van der Waals surface area contributed by atoms with Gasteiger partial charge in [-0.1, -0.05) is 18.2 Å². The monoisotopic (exact) mass is 601 g/mol. The van der Waals surface area contributed by atoms with Crippen molar-refractivity contribution >= 4 is 29.1 Å². The SMILES string of the molecule is COc1ccc(Oc2nc(Nc3cc(OC)c(OC)c(OC)c3)ncc2C(=O)Nc2c(C)cccc2C)c(C(=O)N(C)C)c1. The molecule has 2 N–H and O–H groups in total. The second-order valence-electron chi connectivity index (χ2n) is 9.84. The normalized spacial score (nSPS) is 10.5. The molecule has 0 fully saturated rings. The van der Waals surface area contributed by atoms with E-state index in [1.54, 1.807) is 44.4 Å². The molecule has 4 rings (SSSR count). The molecule has 0 aliphatic rings. The molecule has 0 saturated carbocycles.